The van der Waals surface area contributed by atoms with E-state index < -0.39 is 0 Å². The number of hydrogen-bond acceptors (Lipinski definition) is 4. The molecule has 0 bridgehead atoms. The van der Waals surface area contributed by atoms with Gasteiger partial charge < -0.3 is 5.32 Å². The van der Waals surface area contributed by atoms with E-state index in [1.165, 1.54) is 0 Å². The number of hydrogen-bond donors (Lipinski definition) is 2. The number of carbonyl (C=O) groups excluding carboxylic acids is 1. The lowest BCUT2D eigenvalue weighted by atomic mass is 9.96. The first kappa shape index (κ1) is 18.4. The Morgan fingerprint density at radius 1 is 1.25 bits per heavy atom. The van der Waals surface area contributed by atoms with Crippen molar-refractivity contribution >= 4 is 5.91 Å². The first-order valence-corrected chi connectivity index (χ1v) is 9.71. The molecule has 1 aromatic carbocycles. The zero-order valence-electron chi connectivity index (χ0n) is 16.8. The third kappa shape index (κ3) is 3.32. The second-order valence-corrected chi connectivity index (χ2v) is 8.36. The van der Waals surface area contributed by atoms with Gasteiger partial charge in [-0.15, -0.1) is 0 Å². The van der Waals surface area contributed by atoms with Crippen LogP contribution in [0.1, 0.15) is 66.2 Å². The maximum atomic E-state index is 12.9. The van der Waals surface area contributed by atoms with Crippen LogP contribution in [-0.4, -0.2) is 30.9 Å². The van der Waals surface area contributed by atoms with Crippen molar-refractivity contribution in [2.24, 2.45) is 0 Å². The van der Waals surface area contributed by atoms with Gasteiger partial charge in [-0.3, -0.25) is 9.89 Å². The van der Waals surface area contributed by atoms with Gasteiger partial charge in [0.05, 0.1) is 12.2 Å². The Balaban J connectivity index is 1.56. The van der Waals surface area contributed by atoms with Gasteiger partial charge in [0.15, 0.2) is 11.5 Å². The molecule has 0 saturated heterocycles. The highest BCUT2D eigenvalue weighted by Gasteiger charge is 2.27. The Morgan fingerprint density at radius 2 is 2.04 bits per heavy atom. The Labute approximate surface area is 164 Å². The summed E-state index contributed by atoms with van der Waals surface area (Å²) in [6, 6.07) is 8.13. The molecular formula is C21H26N6O. The molecule has 4 rings (SSSR count). The SMILES string of the molecule is Cc1ccccc1-n1nc(C(=O)NCc2nc(C(C)(C)C)n[nH]2)c2c1CCC2. The summed E-state index contributed by atoms with van der Waals surface area (Å²) >= 11 is 0. The maximum Gasteiger partial charge on any atom is 0.272 e. The van der Waals surface area contributed by atoms with Crippen LogP contribution in [0.5, 0.6) is 0 Å². The van der Waals surface area contributed by atoms with Crippen LogP contribution < -0.4 is 5.32 Å². The summed E-state index contributed by atoms with van der Waals surface area (Å²) in [5.41, 5.74) is 4.77. The number of nitrogens with one attached hydrogen (secondary N) is 2. The second-order valence-electron chi connectivity index (χ2n) is 8.36. The van der Waals surface area contributed by atoms with Gasteiger partial charge in [0.25, 0.3) is 5.91 Å². The fourth-order valence-corrected chi connectivity index (χ4v) is 3.58. The van der Waals surface area contributed by atoms with E-state index in [1.54, 1.807) is 0 Å². The molecule has 0 saturated carbocycles. The van der Waals surface area contributed by atoms with E-state index in [4.69, 9.17) is 0 Å². The average molecular weight is 378 g/mol. The lowest BCUT2D eigenvalue weighted by Gasteiger charge is -2.11. The number of carbonyl (C=O) groups is 1. The summed E-state index contributed by atoms with van der Waals surface area (Å²) in [4.78, 5) is 17.3. The van der Waals surface area contributed by atoms with Crippen molar-refractivity contribution in [2.75, 3.05) is 0 Å². The van der Waals surface area contributed by atoms with Gasteiger partial charge >= 0.3 is 0 Å². The number of aromatic nitrogens is 5. The van der Waals surface area contributed by atoms with E-state index in [0.717, 1.165) is 47.6 Å². The van der Waals surface area contributed by atoms with Crippen molar-refractivity contribution in [3.63, 3.8) is 0 Å². The number of para-hydroxylation sites is 1. The van der Waals surface area contributed by atoms with E-state index in [-0.39, 0.29) is 11.3 Å². The molecule has 0 radical (unpaired) electrons. The molecule has 28 heavy (non-hydrogen) atoms. The molecule has 3 aromatic rings. The third-order valence-corrected chi connectivity index (χ3v) is 5.11. The van der Waals surface area contributed by atoms with Crippen molar-refractivity contribution < 1.29 is 4.79 Å². The quantitative estimate of drug-likeness (QED) is 0.730. The molecule has 0 spiro atoms. The number of aryl methyl sites for hydroxylation is 1. The molecule has 2 heterocycles. The van der Waals surface area contributed by atoms with Gasteiger partial charge in [0.2, 0.25) is 0 Å². The summed E-state index contributed by atoms with van der Waals surface area (Å²) in [5, 5.41) is 14.8. The maximum absolute atomic E-state index is 12.9. The van der Waals surface area contributed by atoms with Crippen LogP contribution in [0.3, 0.4) is 0 Å². The first-order valence-electron chi connectivity index (χ1n) is 9.71. The molecule has 146 valence electrons. The van der Waals surface area contributed by atoms with Gasteiger partial charge in [0.1, 0.15) is 5.82 Å². The van der Waals surface area contributed by atoms with Crippen molar-refractivity contribution in [1.29, 1.82) is 0 Å². The normalized spacial score (nSPS) is 13.6. The summed E-state index contributed by atoms with van der Waals surface area (Å²) < 4.78 is 1.94. The van der Waals surface area contributed by atoms with Gasteiger partial charge in [-0.2, -0.15) is 10.2 Å². The van der Waals surface area contributed by atoms with Crippen LogP contribution in [0.4, 0.5) is 0 Å². The van der Waals surface area contributed by atoms with Gasteiger partial charge in [-0.05, 0) is 37.8 Å². The molecule has 1 aliphatic carbocycles. The van der Waals surface area contributed by atoms with Crippen LogP contribution in [-0.2, 0) is 24.8 Å². The zero-order valence-corrected chi connectivity index (χ0v) is 16.8. The molecule has 2 aromatic heterocycles. The summed E-state index contributed by atoms with van der Waals surface area (Å²) in [6.45, 7) is 8.53. The molecule has 0 fully saturated rings. The molecular weight excluding hydrogens is 352 g/mol. The standard InChI is InChI=1S/C21H26N6O/c1-13-8-5-6-10-15(13)27-16-11-7-9-14(16)18(26-27)19(28)22-12-17-23-20(25-24-17)21(2,3)4/h5-6,8,10H,7,9,11-12H2,1-4H3,(H,22,28)(H,23,24,25). The molecule has 0 aliphatic heterocycles. The number of rotatable bonds is 4. The number of benzene rings is 1. The smallest absolute Gasteiger partial charge is 0.272 e. The fraction of sp³-hybridized carbons (Fsp3) is 0.429. The van der Waals surface area contributed by atoms with Gasteiger partial charge in [0, 0.05) is 16.7 Å². The Morgan fingerprint density at radius 3 is 2.75 bits per heavy atom. The van der Waals surface area contributed by atoms with Crippen LogP contribution in [0.15, 0.2) is 24.3 Å². The lowest BCUT2D eigenvalue weighted by Crippen LogP contribution is -2.25. The highest BCUT2D eigenvalue weighted by Crippen LogP contribution is 2.28. The van der Waals surface area contributed by atoms with E-state index in [0.29, 0.717) is 18.1 Å². The predicted octanol–water partition coefficient (Wildman–Crippen LogP) is 3.02. The largest absolute Gasteiger partial charge is 0.343 e. The average Bonchev–Trinajstić information content (AvgIpc) is 3.36. The van der Waals surface area contributed by atoms with E-state index >= 15 is 0 Å². The van der Waals surface area contributed by atoms with Crippen molar-refractivity contribution in [2.45, 2.75) is 58.9 Å². The number of aromatic amines is 1. The highest BCUT2D eigenvalue weighted by molar-refractivity contribution is 5.94. The second kappa shape index (κ2) is 6.89. The molecule has 1 amide bonds. The predicted molar refractivity (Wildman–Crippen MR) is 107 cm³/mol. The zero-order chi connectivity index (χ0) is 19.9. The van der Waals surface area contributed by atoms with Crippen molar-refractivity contribution in [3.8, 4) is 5.69 Å². The number of H-pyrrole nitrogens is 1. The molecule has 0 atom stereocenters. The minimum Gasteiger partial charge on any atom is -0.343 e. The molecule has 7 nitrogen and oxygen atoms in total. The Kier molecular flexibility index (Phi) is 4.53. The fourth-order valence-electron chi connectivity index (χ4n) is 3.58. The first-order chi connectivity index (χ1) is 13.3. The minimum absolute atomic E-state index is 0.133. The Bertz CT molecular complexity index is 1020. The van der Waals surface area contributed by atoms with E-state index in [2.05, 4.69) is 59.4 Å². The summed E-state index contributed by atoms with van der Waals surface area (Å²) in [5.74, 6) is 1.22. The minimum atomic E-state index is -0.167. The van der Waals surface area contributed by atoms with Gasteiger partial charge in [-0.1, -0.05) is 39.0 Å². The van der Waals surface area contributed by atoms with Gasteiger partial charge in [-0.25, -0.2) is 9.67 Å². The van der Waals surface area contributed by atoms with Crippen LogP contribution >= 0.6 is 0 Å². The summed E-state index contributed by atoms with van der Waals surface area (Å²) in [7, 11) is 0. The van der Waals surface area contributed by atoms with E-state index in [9.17, 15) is 4.79 Å². The molecule has 7 heteroatoms. The van der Waals surface area contributed by atoms with Crippen LogP contribution in [0, 0.1) is 6.92 Å². The molecule has 1 aliphatic rings. The van der Waals surface area contributed by atoms with E-state index in [1.807, 2.05) is 22.9 Å². The molecule has 2 N–H and O–H groups in total. The van der Waals surface area contributed by atoms with Crippen molar-refractivity contribution in [1.82, 2.24) is 30.3 Å². The van der Waals surface area contributed by atoms with Crippen LogP contribution in [0.2, 0.25) is 0 Å². The number of nitrogens with zero attached hydrogens (tertiary/aromatic N) is 4. The number of amides is 1. The summed E-state index contributed by atoms with van der Waals surface area (Å²) in [6.07, 6.45) is 2.89. The highest BCUT2D eigenvalue weighted by atomic mass is 16.2. The lowest BCUT2D eigenvalue weighted by molar-refractivity contribution is 0.0943. The third-order valence-electron chi connectivity index (χ3n) is 5.11. The van der Waals surface area contributed by atoms with Crippen molar-refractivity contribution in [3.05, 3.63) is 58.4 Å². The topological polar surface area (TPSA) is 88.5 Å². The molecule has 0 unspecified atom stereocenters. The van der Waals surface area contributed by atoms with Crippen LogP contribution in [0.25, 0.3) is 5.69 Å². The monoisotopic (exact) mass is 378 g/mol. The number of fused-ring (bicyclic) bond motifs is 1. The Hall–Kier alpha value is -2.96.